The Balaban J connectivity index is 1.49. The number of aromatic amines is 1. The van der Waals surface area contributed by atoms with Gasteiger partial charge in [0.15, 0.2) is 5.78 Å². The van der Waals surface area contributed by atoms with E-state index in [-0.39, 0.29) is 18.1 Å². The molecule has 3 rings (SSSR count). The fourth-order valence-corrected chi connectivity index (χ4v) is 2.68. The number of H-pyrrole nitrogens is 1. The van der Waals surface area contributed by atoms with Crippen molar-refractivity contribution in [3.63, 3.8) is 0 Å². The van der Waals surface area contributed by atoms with E-state index in [0.717, 1.165) is 18.5 Å². The van der Waals surface area contributed by atoms with Crippen molar-refractivity contribution in [2.75, 3.05) is 6.54 Å². The number of nitrogens with zero attached hydrogens (tertiary/aromatic N) is 2. The van der Waals surface area contributed by atoms with Crippen LogP contribution in [0.2, 0.25) is 5.02 Å². The Hall–Kier alpha value is -2.86. The van der Waals surface area contributed by atoms with Gasteiger partial charge in [0.25, 0.3) is 5.91 Å². The molecule has 0 saturated heterocycles. The molecule has 2 heterocycles. The second kappa shape index (κ2) is 8.49. The van der Waals surface area contributed by atoms with Crippen LogP contribution < -0.4 is 5.32 Å². The highest BCUT2D eigenvalue weighted by molar-refractivity contribution is 6.30. The third kappa shape index (κ3) is 4.83. The van der Waals surface area contributed by atoms with E-state index in [1.54, 1.807) is 36.9 Å². The second-order valence-electron chi connectivity index (χ2n) is 5.94. The fraction of sp³-hybridized carbons (Fsp3) is 0.211. The number of carbonyl (C=O) groups excluding carboxylic acids is 2. The van der Waals surface area contributed by atoms with Crippen LogP contribution in [-0.2, 0) is 13.0 Å². The van der Waals surface area contributed by atoms with Gasteiger partial charge in [-0.1, -0.05) is 23.7 Å². The third-order valence-electron chi connectivity index (χ3n) is 3.97. The molecule has 0 aliphatic rings. The number of imidazole rings is 1. The normalized spacial score (nSPS) is 10.7. The molecule has 0 bridgehead atoms. The molecule has 0 saturated carbocycles. The van der Waals surface area contributed by atoms with Crippen LogP contribution in [-0.4, -0.2) is 32.8 Å². The Morgan fingerprint density at radius 2 is 2.04 bits per heavy atom. The van der Waals surface area contributed by atoms with Gasteiger partial charge in [-0.25, -0.2) is 4.98 Å². The van der Waals surface area contributed by atoms with Crippen molar-refractivity contribution >= 4 is 23.3 Å². The van der Waals surface area contributed by atoms with E-state index < -0.39 is 0 Å². The highest BCUT2D eigenvalue weighted by Gasteiger charge is 2.13. The SMILES string of the molecule is O=C(Cc1ccc(Cl)cc1)c1c[nH]c(C(=O)NCCCn2ccnc2)c1. The average molecular weight is 371 g/mol. The summed E-state index contributed by atoms with van der Waals surface area (Å²) >= 11 is 5.85. The van der Waals surface area contributed by atoms with Crippen molar-refractivity contribution in [2.24, 2.45) is 0 Å². The molecular formula is C19H19ClN4O2. The van der Waals surface area contributed by atoms with Gasteiger partial charge < -0.3 is 14.9 Å². The molecule has 0 radical (unpaired) electrons. The molecule has 7 heteroatoms. The largest absolute Gasteiger partial charge is 0.356 e. The first-order chi connectivity index (χ1) is 12.6. The smallest absolute Gasteiger partial charge is 0.267 e. The Morgan fingerprint density at radius 1 is 1.23 bits per heavy atom. The number of ketones is 1. The van der Waals surface area contributed by atoms with E-state index in [2.05, 4.69) is 15.3 Å². The van der Waals surface area contributed by atoms with E-state index in [0.29, 0.717) is 22.8 Å². The minimum atomic E-state index is -0.221. The summed E-state index contributed by atoms with van der Waals surface area (Å²) in [5, 5.41) is 3.47. The highest BCUT2D eigenvalue weighted by Crippen LogP contribution is 2.13. The number of Topliss-reactive ketones (excluding diaryl/α,β-unsaturated/α-hetero) is 1. The first kappa shape index (κ1) is 17.9. The van der Waals surface area contributed by atoms with Crippen LogP contribution in [0.1, 0.15) is 32.8 Å². The van der Waals surface area contributed by atoms with Crippen LogP contribution in [0.15, 0.2) is 55.2 Å². The number of nitrogens with one attached hydrogen (secondary N) is 2. The summed E-state index contributed by atoms with van der Waals surface area (Å²) in [5.41, 5.74) is 1.75. The van der Waals surface area contributed by atoms with Crippen molar-refractivity contribution in [1.82, 2.24) is 19.9 Å². The zero-order chi connectivity index (χ0) is 18.4. The summed E-state index contributed by atoms with van der Waals surface area (Å²) in [6, 6.07) is 8.74. The summed E-state index contributed by atoms with van der Waals surface area (Å²) in [4.78, 5) is 31.3. The summed E-state index contributed by atoms with van der Waals surface area (Å²) in [5.74, 6) is -0.274. The minimum absolute atomic E-state index is 0.0530. The van der Waals surface area contributed by atoms with Gasteiger partial charge >= 0.3 is 0 Å². The van der Waals surface area contributed by atoms with Gasteiger partial charge in [-0.2, -0.15) is 0 Å². The fourth-order valence-electron chi connectivity index (χ4n) is 2.55. The molecular weight excluding hydrogens is 352 g/mol. The maximum atomic E-state index is 12.3. The number of aryl methyl sites for hydroxylation is 1. The first-order valence-electron chi connectivity index (χ1n) is 8.32. The van der Waals surface area contributed by atoms with Gasteiger partial charge in [-0.3, -0.25) is 9.59 Å². The van der Waals surface area contributed by atoms with E-state index >= 15 is 0 Å². The predicted molar refractivity (Wildman–Crippen MR) is 99.5 cm³/mol. The van der Waals surface area contributed by atoms with Crippen molar-refractivity contribution in [1.29, 1.82) is 0 Å². The summed E-state index contributed by atoms with van der Waals surface area (Å²) in [6.07, 6.45) is 7.97. The van der Waals surface area contributed by atoms with Gasteiger partial charge in [0.2, 0.25) is 0 Å². The molecule has 0 aliphatic heterocycles. The average Bonchev–Trinajstić information content (AvgIpc) is 3.32. The number of halogens is 1. The molecule has 0 spiro atoms. The molecule has 6 nitrogen and oxygen atoms in total. The zero-order valence-electron chi connectivity index (χ0n) is 14.1. The van der Waals surface area contributed by atoms with E-state index in [1.807, 2.05) is 22.9 Å². The molecule has 26 heavy (non-hydrogen) atoms. The van der Waals surface area contributed by atoms with Crippen LogP contribution in [0.25, 0.3) is 0 Å². The van der Waals surface area contributed by atoms with E-state index in [4.69, 9.17) is 11.6 Å². The third-order valence-corrected chi connectivity index (χ3v) is 4.22. The van der Waals surface area contributed by atoms with Crippen LogP contribution in [0.4, 0.5) is 0 Å². The lowest BCUT2D eigenvalue weighted by molar-refractivity contribution is 0.0948. The summed E-state index contributed by atoms with van der Waals surface area (Å²) < 4.78 is 1.95. The summed E-state index contributed by atoms with van der Waals surface area (Å²) in [6.45, 7) is 1.33. The molecule has 0 fully saturated rings. The minimum Gasteiger partial charge on any atom is -0.356 e. The molecule has 1 amide bonds. The Bertz CT molecular complexity index is 869. The number of aromatic nitrogens is 3. The highest BCUT2D eigenvalue weighted by atomic mass is 35.5. The monoisotopic (exact) mass is 370 g/mol. The number of carbonyl (C=O) groups is 2. The maximum Gasteiger partial charge on any atom is 0.267 e. The van der Waals surface area contributed by atoms with Crippen LogP contribution in [0.5, 0.6) is 0 Å². The van der Waals surface area contributed by atoms with Gasteiger partial charge in [0.05, 0.1) is 6.33 Å². The van der Waals surface area contributed by atoms with Crippen molar-refractivity contribution in [3.05, 3.63) is 77.1 Å². The van der Waals surface area contributed by atoms with Crippen molar-refractivity contribution in [2.45, 2.75) is 19.4 Å². The molecule has 0 aliphatic carbocycles. The molecule has 2 aromatic heterocycles. The number of rotatable bonds is 8. The first-order valence-corrected chi connectivity index (χ1v) is 8.69. The lowest BCUT2D eigenvalue weighted by Crippen LogP contribution is -2.25. The molecule has 3 aromatic rings. The summed E-state index contributed by atoms with van der Waals surface area (Å²) in [7, 11) is 0. The number of hydrogen-bond donors (Lipinski definition) is 2. The van der Waals surface area contributed by atoms with Gasteiger partial charge in [-0.15, -0.1) is 0 Å². The number of benzene rings is 1. The van der Waals surface area contributed by atoms with Gasteiger partial charge in [-0.05, 0) is 30.2 Å². The van der Waals surface area contributed by atoms with Crippen LogP contribution >= 0.6 is 11.6 Å². The molecule has 1 aromatic carbocycles. The zero-order valence-corrected chi connectivity index (χ0v) is 14.9. The second-order valence-corrected chi connectivity index (χ2v) is 6.37. The quantitative estimate of drug-likeness (QED) is 0.472. The van der Waals surface area contributed by atoms with Crippen LogP contribution in [0, 0.1) is 0 Å². The Labute approximate surface area is 156 Å². The predicted octanol–water partition coefficient (Wildman–Crippen LogP) is 3.11. The maximum absolute atomic E-state index is 12.3. The van der Waals surface area contributed by atoms with Gasteiger partial charge in [0.1, 0.15) is 5.69 Å². The van der Waals surface area contributed by atoms with Crippen LogP contribution in [0.3, 0.4) is 0 Å². The Kier molecular flexibility index (Phi) is 5.86. The molecule has 0 atom stereocenters. The molecule has 0 unspecified atom stereocenters. The number of amides is 1. The van der Waals surface area contributed by atoms with Gasteiger partial charge in [0, 0.05) is 48.7 Å². The van der Waals surface area contributed by atoms with Crippen molar-refractivity contribution < 1.29 is 9.59 Å². The van der Waals surface area contributed by atoms with E-state index in [1.165, 1.54) is 0 Å². The molecule has 2 N–H and O–H groups in total. The molecule has 134 valence electrons. The van der Waals surface area contributed by atoms with E-state index in [9.17, 15) is 9.59 Å². The van der Waals surface area contributed by atoms with Crippen molar-refractivity contribution in [3.8, 4) is 0 Å². The standard InChI is InChI=1S/C19H19ClN4O2/c20-16-4-2-14(3-5-16)10-18(25)15-11-17(23-12-15)19(26)22-6-1-8-24-9-7-21-13-24/h2-5,7,9,11-13,23H,1,6,8,10H2,(H,22,26). The topological polar surface area (TPSA) is 79.8 Å². The number of hydrogen-bond acceptors (Lipinski definition) is 3. The lowest BCUT2D eigenvalue weighted by Gasteiger charge is -2.04. The Morgan fingerprint density at radius 3 is 2.77 bits per heavy atom. The lowest BCUT2D eigenvalue weighted by atomic mass is 10.1.